The van der Waals surface area contributed by atoms with Crippen molar-refractivity contribution >= 4 is 38.4 Å². The second-order valence-electron chi connectivity index (χ2n) is 6.89. The summed E-state index contributed by atoms with van der Waals surface area (Å²) in [6, 6.07) is 7.53. The number of carbonyl (C=O) groups is 1. The average molecular weight is 421 g/mol. The number of fused-ring (bicyclic) bond motifs is 1. The summed E-state index contributed by atoms with van der Waals surface area (Å²) in [6.45, 7) is 1.75. The zero-order valence-electron chi connectivity index (χ0n) is 15.5. The molecule has 2 atom stereocenters. The number of nitrogens with zero attached hydrogens (tertiary/aromatic N) is 3. The zero-order chi connectivity index (χ0) is 19.9. The molecule has 1 aromatic carbocycles. The van der Waals surface area contributed by atoms with Gasteiger partial charge in [0.2, 0.25) is 5.91 Å². The number of rotatable bonds is 5. The van der Waals surface area contributed by atoms with Crippen LogP contribution in [0.3, 0.4) is 0 Å². The summed E-state index contributed by atoms with van der Waals surface area (Å²) >= 11 is 1.17. The SMILES string of the molecule is CC(Sc1nnc(-c2c[nH]c3ccccc23)o1)C(=O)N(C)C1CCS(=O)(=O)C1. The lowest BCUT2D eigenvalue weighted by Crippen LogP contribution is -2.41. The Labute approximate surface area is 166 Å². The molecule has 148 valence electrons. The first-order chi connectivity index (χ1) is 13.3. The Morgan fingerprint density at radius 1 is 1.36 bits per heavy atom. The molecule has 1 aliphatic rings. The van der Waals surface area contributed by atoms with E-state index in [1.165, 1.54) is 16.7 Å². The van der Waals surface area contributed by atoms with Crippen molar-refractivity contribution < 1.29 is 17.6 Å². The Balaban J connectivity index is 1.45. The third-order valence-corrected chi connectivity index (χ3v) is 7.63. The number of aromatic nitrogens is 3. The zero-order valence-corrected chi connectivity index (χ0v) is 17.1. The van der Waals surface area contributed by atoms with Crippen molar-refractivity contribution in [1.82, 2.24) is 20.1 Å². The van der Waals surface area contributed by atoms with E-state index in [0.717, 1.165) is 16.5 Å². The van der Waals surface area contributed by atoms with Gasteiger partial charge in [0.1, 0.15) is 0 Å². The Hall–Kier alpha value is -2.33. The predicted octanol–water partition coefficient (Wildman–Crippen LogP) is 2.34. The molecule has 0 bridgehead atoms. The molecule has 4 rings (SSSR count). The molecule has 0 aliphatic carbocycles. The van der Waals surface area contributed by atoms with Crippen molar-refractivity contribution in [2.24, 2.45) is 0 Å². The number of H-pyrrole nitrogens is 1. The Kier molecular flexibility index (Phi) is 4.92. The number of benzene rings is 1. The highest BCUT2D eigenvalue weighted by Crippen LogP contribution is 2.31. The molecule has 3 aromatic rings. The average Bonchev–Trinajstić information content (AvgIpc) is 3.38. The molecule has 2 unspecified atom stereocenters. The minimum absolute atomic E-state index is 0.0257. The molecule has 8 nitrogen and oxygen atoms in total. The summed E-state index contributed by atoms with van der Waals surface area (Å²) < 4.78 is 29.1. The number of hydrogen-bond donors (Lipinski definition) is 1. The van der Waals surface area contributed by atoms with Crippen molar-refractivity contribution in [3.8, 4) is 11.5 Å². The van der Waals surface area contributed by atoms with Gasteiger partial charge in [-0.05, 0) is 19.4 Å². The van der Waals surface area contributed by atoms with Crippen LogP contribution in [0.25, 0.3) is 22.4 Å². The molecule has 1 fully saturated rings. The number of aromatic amines is 1. The molecule has 0 radical (unpaired) electrons. The van der Waals surface area contributed by atoms with E-state index in [-0.39, 0.29) is 23.5 Å². The molecule has 1 N–H and O–H groups in total. The van der Waals surface area contributed by atoms with Gasteiger partial charge in [0.05, 0.1) is 22.3 Å². The molecule has 3 heterocycles. The number of hydrogen-bond acceptors (Lipinski definition) is 7. The molecule has 1 saturated heterocycles. The summed E-state index contributed by atoms with van der Waals surface area (Å²) in [5.41, 5.74) is 1.78. The normalized spacial score (nSPS) is 19.7. The van der Waals surface area contributed by atoms with Crippen LogP contribution in [-0.4, -0.2) is 64.3 Å². The third-order valence-electron chi connectivity index (χ3n) is 4.96. The van der Waals surface area contributed by atoms with E-state index >= 15 is 0 Å². The molecule has 10 heteroatoms. The fourth-order valence-electron chi connectivity index (χ4n) is 3.36. The number of amides is 1. The highest BCUT2D eigenvalue weighted by atomic mass is 32.2. The van der Waals surface area contributed by atoms with E-state index in [4.69, 9.17) is 4.42 Å². The fraction of sp³-hybridized carbons (Fsp3) is 0.389. The number of carbonyl (C=O) groups excluding carboxylic acids is 1. The second kappa shape index (κ2) is 7.25. The van der Waals surface area contributed by atoms with Gasteiger partial charge in [-0.15, -0.1) is 10.2 Å². The third kappa shape index (κ3) is 3.66. The van der Waals surface area contributed by atoms with Crippen molar-refractivity contribution in [3.05, 3.63) is 30.5 Å². The van der Waals surface area contributed by atoms with Gasteiger partial charge >= 0.3 is 0 Å². The van der Waals surface area contributed by atoms with E-state index in [2.05, 4.69) is 15.2 Å². The fourth-order valence-corrected chi connectivity index (χ4v) is 5.92. The van der Waals surface area contributed by atoms with Crippen LogP contribution in [0.15, 0.2) is 40.1 Å². The first kappa shape index (κ1) is 19.0. The van der Waals surface area contributed by atoms with Crippen LogP contribution in [0.5, 0.6) is 0 Å². The summed E-state index contributed by atoms with van der Waals surface area (Å²) in [4.78, 5) is 17.4. The number of nitrogens with one attached hydrogen (secondary N) is 1. The monoisotopic (exact) mass is 420 g/mol. The minimum Gasteiger partial charge on any atom is -0.411 e. The molecule has 28 heavy (non-hydrogen) atoms. The molecule has 2 aromatic heterocycles. The van der Waals surface area contributed by atoms with E-state index in [1.54, 1.807) is 14.0 Å². The van der Waals surface area contributed by atoms with Gasteiger partial charge in [0, 0.05) is 30.2 Å². The topological polar surface area (TPSA) is 109 Å². The van der Waals surface area contributed by atoms with Gasteiger partial charge in [-0.2, -0.15) is 0 Å². The number of thioether (sulfide) groups is 1. The molecule has 0 saturated carbocycles. The van der Waals surface area contributed by atoms with Gasteiger partial charge in [-0.3, -0.25) is 4.79 Å². The first-order valence-electron chi connectivity index (χ1n) is 8.88. The quantitative estimate of drug-likeness (QED) is 0.631. The minimum atomic E-state index is -3.04. The maximum atomic E-state index is 12.7. The van der Waals surface area contributed by atoms with Crippen LogP contribution in [0.1, 0.15) is 13.3 Å². The molecule has 1 amide bonds. The maximum Gasteiger partial charge on any atom is 0.277 e. The van der Waals surface area contributed by atoms with Gasteiger partial charge in [-0.1, -0.05) is 30.0 Å². The van der Waals surface area contributed by atoms with Crippen molar-refractivity contribution in [3.63, 3.8) is 0 Å². The van der Waals surface area contributed by atoms with E-state index in [9.17, 15) is 13.2 Å². The van der Waals surface area contributed by atoms with Crippen LogP contribution < -0.4 is 0 Å². The summed E-state index contributed by atoms with van der Waals surface area (Å²) in [5, 5.41) is 8.96. The molecule has 1 aliphatic heterocycles. The van der Waals surface area contributed by atoms with E-state index in [1.807, 2.05) is 30.5 Å². The largest absolute Gasteiger partial charge is 0.411 e. The summed E-state index contributed by atoms with van der Waals surface area (Å²) in [7, 11) is -1.39. The Morgan fingerprint density at radius 3 is 2.89 bits per heavy atom. The summed E-state index contributed by atoms with van der Waals surface area (Å²) in [6.07, 6.45) is 2.29. The molecular weight excluding hydrogens is 400 g/mol. The summed E-state index contributed by atoms with van der Waals surface area (Å²) in [5.74, 6) is 0.389. The van der Waals surface area contributed by atoms with E-state index < -0.39 is 15.1 Å². The molecular formula is C18H20N4O4S2. The van der Waals surface area contributed by atoms with Crippen LogP contribution >= 0.6 is 11.8 Å². The predicted molar refractivity (Wildman–Crippen MR) is 107 cm³/mol. The van der Waals surface area contributed by atoms with E-state index in [0.29, 0.717) is 17.5 Å². The smallest absolute Gasteiger partial charge is 0.277 e. The lowest BCUT2D eigenvalue weighted by molar-refractivity contribution is -0.130. The molecule has 0 spiro atoms. The van der Waals surface area contributed by atoms with Gasteiger partial charge in [0.15, 0.2) is 9.84 Å². The van der Waals surface area contributed by atoms with Crippen LogP contribution in [0.2, 0.25) is 0 Å². The highest BCUT2D eigenvalue weighted by Gasteiger charge is 2.34. The van der Waals surface area contributed by atoms with Gasteiger partial charge < -0.3 is 14.3 Å². The van der Waals surface area contributed by atoms with Crippen molar-refractivity contribution in [2.45, 2.75) is 29.9 Å². The first-order valence-corrected chi connectivity index (χ1v) is 11.6. The highest BCUT2D eigenvalue weighted by molar-refractivity contribution is 8.00. The Bertz CT molecular complexity index is 1120. The second-order valence-corrected chi connectivity index (χ2v) is 10.4. The van der Waals surface area contributed by atoms with Crippen LogP contribution in [0, 0.1) is 0 Å². The van der Waals surface area contributed by atoms with Gasteiger partial charge in [0.25, 0.3) is 11.1 Å². The maximum absolute atomic E-state index is 12.7. The van der Waals surface area contributed by atoms with Crippen molar-refractivity contribution in [2.75, 3.05) is 18.6 Å². The number of para-hydroxylation sites is 1. The van der Waals surface area contributed by atoms with Crippen LogP contribution in [0.4, 0.5) is 0 Å². The lowest BCUT2D eigenvalue weighted by atomic mass is 10.2. The lowest BCUT2D eigenvalue weighted by Gasteiger charge is -2.25. The number of sulfone groups is 1. The standard InChI is InChI=1S/C18H20N4O4S2/c1-11(17(23)22(2)12-7-8-28(24,25)10-12)27-18-21-20-16(26-18)14-9-19-15-6-4-3-5-13(14)15/h3-6,9,11-12,19H,7-8,10H2,1-2H3. The Morgan fingerprint density at radius 2 is 2.14 bits per heavy atom. The van der Waals surface area contributed by atoms with Gasteiger partial charge in [-0.25, -0.2) is 8.42 Å². The van der Waals surface area contributed by atoms with Crippen molar-refractivity contribution in [1.29, 1.82) is 0 Å². The van der Waals surface area contributed by atoms with Crippen LogP contribution in [-0.2, 0) is 14.6 Å².